The summed E-state index contributed by atoms with van der Waals surface area (Å²) in [5.41, 5.74) is 0.812. The van der Waals surface area contributed by atoms with Gasteiger partial charge in [0.25, 0.3) is 0 Å². The second-order valence-corrected chi connectivity index (χ2v) is 12.3. The predicted octanol–water partition coefficient (Wildman–Crippen LogP) is 5.00. The molecule has 0 spiro atoms. The number of rotatable bonds is 9. The number of carbonyl (C=O) groups is 2. The van der Waals surface area contributed by atoms with Crippen LogP contribution in [-0.2, 0) is 26.2 Å². The molecule has 0 bridgehead atoms. The molecule has 2 aromatic rings. The summed E-state index contributed by atoms with van der Waals surface area (Å²) in [4.78, 5) is 28.0. The van der Waals surface area contributed by atoms with Crippen LogP contribution in [0.25, 0.3) is 0 Å². The van der Waals surface area contributed by atoms with Gasteiger partial charge in [-0.1, -0.05) is 64.1 Å². The van der Waals surface area contributed by atoms with Crippen LogP contribution < -0.4 is 9.62 Å². The smallest absolute Gasteiger partial charge is 0.244 e. The molecular weight excluding hydrogens is 577 g/mol. The van der Waals surface area contributed by atoms with Crippen LogP contribution in [0.4, 0.5) is 5.69 Å². The maximum absolute atomic E-state index is 13.6. The first-order chi connectivity index (χ1) is 16.5. The monoisotopic (exact) mass is 603 g/mol. The second kappa shape index (κ2) is 12.0. The van der Waals surface area contributed by atoms with Gasteiger partial charge in [0.15, 0.2) is 0 Å². The average Bonchev–Trinajstić information content (AvgIpc) is 3.29. The van der Waals surface area contributed by atoms with Crippen molar-refractivity contribution in [1.82, 2.24) is 10.2 Å². The Bertz CT molecular complexity index is 1170. The fourth-order valence-electron chi connectivity index (χ4n) is 4.07. The number of carbonyl (C=O) groups excluding carboxylic acids is 2. The summed E-state index contributed by atoms with van der Waals surface area (Å²) in [6, 6.07) is 10.8. The van der Waals surface area contributed by atoms with Crippen LogP contribution in [-0.4, -0.2) is 50.0 Å². The number of hydrogen-bond acceptors (Lipinski definition) is 4. The van der Waals surface area contributed by atoms with Crippen LogP contribution in [0.2, 0.25) is 10.0 Å². The summed E-state index contributed by atoms with van der Waals surface area (Å²) in [6.07, 6.45) is 4.92. The first kappa shape index (κ1) is 27.8. The third-order valence-corrected chi connectivity index (χ3v) is 8.38. The summed E-state index contributed by atoms with van der Waals surface area (Å²) in [5, 5.41) is 3.72. The van der Waals surface area contributed by atoms with Crippen molar-refractivity contribution in [3.63, 3.8) is 0 Å². The molecule has 2 amide bonds. The summed E-state index contributed by atoms with van der Waals surface area (Å²) < 4.78 is 26.9. The average molecular weight is 605 g/mol. The van der Waals surface area contributed by atoms with Crippen molar-refractivity contribution in [1.29, 1.82) is 0 Å². The van der Waals surface area contributed by atoms with Crippen molar-refractivity contribution in [2.45, 2.75) is 51.2 Å². The van der Waals surface area contributed by atoms with Crippen molar-refractivity contribution in [3.05, 3.63) is 62.5 Å². The molecule has 1 aliphatic rings. The molecule has 190 valence electrons. The van der Waals surface area contributed by atoms with Gasteiger partial charge in [-0.3, -0.25) is 13.9 Å². The van der Waals surface area contributed by atoms with Crippen LogP contribution in [0.3, 0.4) is 0 Å². The Hall–Kier alpha value is -1.81. The lowest BCUT2D eigenvalue weighted by Crippen LogP contribution is -2.52. The van der Waals surface area contributed by atoms with E-state index in [1.54, 1.807) is 49.4 Å². The Balaban J connectivity index is 1.92. The number of sulfonamides is 1. The second-order valence-electron chi connectivity index (χ2n) is 8.64. The van der Waals surface area contributed by atoms with E-state index in [1.807, 2.05) is 0 Å². The molecule has 3 rings (SSSR count). The summed E-state index contributed by atoms with van der Waals surface area (Å²) in [6.45, 7) is 1.09. The van der Waals surface area contributed by atoms with E-state index in [1.165, 1.54) is 4.90 Å². The minimum absolute atomic E-state index is 0.0489. The Morgan fingerprint density at radius 3 is 2.29 bits per heavy atom. The Kier molecular flexibility index (Phi) is 9.48. The SMILES string of the molecule is C[C@H](C(=O)NC1CCCC1)N(Cc1c(Cl)cccc1Cl)C(=O)CN(c1cccc(Br)c1)S(C)(=O)=O. The van der Waals surface area contributed by atoms with Gasteiger partial charge >= 0.3 is 0 Å². The van der Waals surface area contributed by atoms with E-state index in [-0.39, 0.29) is 18.5 Å². The zero-order chi connectivity index (χ0) is 25.8. The number of nitrogens with zero attached hydrogens (tertiary/aromatic N) is 2. The molecule has 35 heavy (non-hydrogen) atoms. The maximum Gasteiger partial charge on any atom is 0.244 e. The van der Waals surface area contributed by atoms with Crippen LogP contribution in [0.15, 0.2) is 46.9 Å². The van der Waals surface area contributed by atoms with Gasteiger partial charge in [0.2, 0.25) is 21.8 Å². The maximum atomic E-state index is 13.6. The molecule has 0 radical (unpaired) electrons. The molecule has 0 aromatic heterocycles. The fourth-order valence-corrected chi connectivity index (χ4v) is 5.82. The van der Waals surface area contributed by atoms with Crippen molar-refractivity contribution in [3.8, 4) is 0 Å². The first-order valence-corrected chi connectivity index (χ1v) is 14.6. The Labute approximate surface area is 224 Å². The van der Waals surface area contributed by atoms with Gasteiger partial charge in [-0.25, -0.2) is 8.42 Å². The highest BCUT2D eigenvalue weighted by Crippen LogP contribution is 2.28. The van der Waals surface area contributed by atoms with E-state index in [0.717, 1.165) is 36.2 Å². The number of amides is 2. The first-order valence-electron chi connectivity index (χ1n) is 11.2. The fraction of sp³-hybridized carbons (Fsp3) is 0.417. The quantitative estimate of drug-likeness (QED) is 0.436. The lowest BCUT2D eigenvalue weighted by molar-refractivity contribution is -0.139. The van der Waals surface area contributed by atoms with Crippen LogP contribution in [0.1, 0.15) is 38.2 Å². The summed E-state index contributed by atoms with van der Waals surface area (Å²) in [5.74, 6) is -0.859. The third kappa shape index (κ3) is 7.35. The third-order valence-electron chi connectivity index (χ3n) is 6.03. The molecule has 11 heteroatoms. The molecule has 0 aliphatic heterocycles. The molecule has 1 fully saturated rings. The molecule has 0 saturated heterocycles. The Morgan fingerprint density at radius 1 is 1.11 bits per heavy atom. The van der Waals surface area contributed by atoms with Crippen molar-refractivity contribution < 1.29 is 18.0 Å². The molecule has 7 nitrogen and oxygen atoms in total. The van der Waals surface area contributed by atoms with Gasteiger partial charge < -0.3 is 10.2 Å². The van der Waals surface area contributed by atoms with Gasteiger partial charge in [0.1, 0.15) is 12.6 Å². The number of benzene rings is 2. The van der Waals surface area contributed by atoms with Crippen LogP contribution >= 0.6 is 39.1 Å². The zero-order valence-electron chi connectivity index (χ0n) is 19.5. The van der Waals surface area contributed by atoms with E-state index < -0.39 is 28.5 Å². The topological polar surface area (TPSA) is 86.8 Å². The van der Waals surface area contributed by atoms with E-state index in [4.69, 9.17) is 23.2 Å². The van der Waals surface area contributed by atoms with Gasteiger partial charge in [0.05, 0.1) is 11.9 Å². The zero-order valence-corrected chi connectivity index (χ0v) is 23.4. The van der Waals surface area contributed by atoms with Crippen molar-refractivity contribution in [2.24, 2.45) is 0 Å². The molecule has 2 aromatic carbocycles. The minimum Gasteiger partial charge on any atom is -0.352 e. The summed E-state index contributed by atoms with van der Waals surface area (Å²) in [7, 11) is -3.80. The molecule has 1 atom stereocenters. The lowest BCUT2D eigenvalue weighted by Gasteiger charge is -2.32. The highest BCUT2D eigenvalue weighted by molar-refractivity contribution is 9.10. The van der Waals surface area contributed by atoms with E-state index in [9.17, 15) is 18.0 Å². The van der Waals surface area contributed by atoms with Crippen molar-refractivity contribution in [2.75, 3.05) is 17.1 Å². The van der Waals surface area contributed by atoms with Gasteiger partial charge in [-0.15, -0.1) is 0 Å². The lowest BCUT2D eigenvalue weighted by atomic mass is 10.1. The van der Waals surface area contributed by atoms with Crippen molar-refractivity contribution >= 4 is 66.7 Å². The molecule has 1 aliphatic carbocycles. The number of anilines is 1. The summed E-state index contributed by atoms with van der Waals surface area (Å²) >= 11 is 16.1. The van der Waals surface area contributed by atoms with E-state index in [2.05, 4.69) is 21.2 Å². The highest BCUT2D eigenvalue weighted by Gasteiger charge is 2.32. The van der Waals surface area contributed by atoms with Crippen LogP contribution in [0.5, 0.6) is 0 Å². The molecule has 1 N–H and O–H groups in total. The van der Waals surface area contributed by atoms with Gasteiger partial charge in [0, 0.05) is 32.7 Å². The number of halogens is 3. The predicted molar refractivity (Wildman–Crippen MR) is 143 cm³/mol. The molecule has 0 heterocycles. The molecule has 1 saturated carbocycles. The van der Waals surface area contributed by atoms with Gasteiger partial charge in [-0.2, -0.15) is 0 Å². The van der Waals surface area contributed by atoms with Gasteiger partial charge in [-0.05, 0) is 50.1 Å². The Morgan fingerprint density at radius 2 is 1.71 bits per heavy atom. The molecular formula is C24H28BrCl2N3O4S. The number of hydrogen-bond donors (Lipinski definition) is 1. The van der Waals surface area contributed by atoms with E-state index >= 15 is 0 Å². The highest BCUT2D eigenvalue weighted by atomic mass is 79.9. The standard InChI is InChI=1S/C24H28BrCl2N3O4S/c1-16(24(32)28-18-8-3-4-9-18)29(14-20-21(26)11-6-12-22(20)27)23(31)15-30(35(2,33)34)19-10-5-7-17(25)13-19/h5-7,10-13,16,18H,3-4,8-9,14-15H2,1-2H3,(H,28,32)/t16-/m1/s1. The minimum atomic E-state index is -3.80. The largest absolute Gasteiger partial charge is 0.352 e. The normalized spacial score (nSPS) is 15.0. The number of nitrogens with one attached hydrogen (secondary N) is 1. The van der Waals surface area contributed by atoms with E-state index in [0.29, 0.717) is 25.8 Å². The van der Waals surface area contributed by atoms with Crippen LogP contribution in [0, 0.1) is 0 Å². The molecule has 0 unspecified atom stereocenters.